The second kappa shape index (κ2) is 8.58. The van der Waals surface area contributed by atoms with Crippen molar-refractivity contribution in [2.75, 3.05) is 14.2 Å². The molecule has 0 radical (unpaired) electrons. The fourth-order valence-electron chi connectivity index (χ4n) is 2.57. The number of hydrazone groups is 1. The summed E-state index contributed by atoms with van der Waals surface area (Å²) in [5, 5.41) is 8.04. The Kier molecular flexibility index (Phi) is 6.45. The minimum atomic E-state index is 0.468. The fourth-order valence-corrected chi connectivity index (χ4v) is 2.78. The number of benzene rings is 1. The number of hydrogen-bond acceptors (Lipinski definition) is 4. The lowest BCUT2D eigenvalue weighted by atomic mass is 9.96. The molecule has 120 valence electrons. The smallest absolute Gasteiger partial charge is 0.187 e. The molecule has 1 aliphatic carbocycles. The summed E-state index contributed by atoms with van der Waals surface area (Å²) in [5.74, 6) is 1.49. The zero-order valence-corrected chi connectivity index (χ0v) is 13.9. The van der Waals surface area contributed by atoms with Crippen LogP contribution in [-0.2, 0) is 0 Å². The van der Waals surface area contributed by atoms with E-state index in [4.69, 9.17) is 21.7 Å². The molecule has 0 heterocycles. The Bertz CT molecular complexity index is 528. The number of nitrogens with one attached hydrogen (secondary N) is 2. The predicted molar refractivity (Wildman–Crippen MR) is 92.9 cm³/mol. The molecule has 1 aliphatic rings. The van der Waals surface area contributed by atoms with E-state index in [0.717, 1.165) is 17.1 Å². The number of rotatable bonds is 5. The summed E-state index contributed by atoms with van der Waals surface area (Å²) in [4.78, 5) is 0. The zero-order valence-electron chi connectivity index (χ0n) is 13.1. The highest BCUT2D eigenvalue weighted by Gasteiger charge is 2.13. The van der Waals surface area contributed by atoms with Crippen LogP contribution < -0.4 is 20.2 Å². The van der Waals surface area contributed by atoms with Gasteiger partial charge in [0, 0.05) is 11.6 Å². The Labute approximate surface area is 137 Å². The molecule has 5 nitrogen and oxygen atoms in total. The van der Waals surface area contributed by atoms with E-state index in [1.807, 2.05) is 18.2 Å². The highest BCUT2D eigenvalue weighted by molar-refractivity contribution is 7.80. The van der Waals surface area contributed by atoms with Gasteiger partial charge in [-0.2, -0.15) is 5.10 Å². The normalized spacial score (nSPS) is 15.5. The molecule has 2 rings (SSSR count). The minimum Gasteiger partial charge on any atom is -0.497 e. The maximum Gasteiger partial charge on any atom is 0.187 e. The monoisotopic (exact) mass is 321 g/mol. The zero-order chi connectivity index (χ0) is 15.8. The lowest BCUT2D eigenvalue weighted by Gasteiger charge is -2.23. The van der Waals surface area contributed by atoms with E-state index in [0.29, 0.717) is 11.2 Å². The molecule has 0 unspecified atom stereocenters. The van der Waals surface area contributed by atoms with Gasteiger partial charge < -0.3 is 14.8 Å². The van der Waals surface area contributed by atoms with Crippen LogP contribution in [0.1, 0.15) is 37.7 Å². The second-order valence-electron chi connectivity index (χ2n) is 5.29. The summed E-state index contributed by atoms with van der Waals surface area (Å²) in [6, 6.07) is 6.02. The third-order valence-corrected chi connectivity index (χ3v) is 3.96. The van der Waals surface area contributed by atoms with Gasteiger partial charge in [-0.05, 0) is 43.3 Å². The van der Waals surface area contributed by atoms with Crippen LogP contribution in [0.25, 0.3) is 0 Å². The third kappa shape index (κ3) is 4.87. The van der Waals surface area contributed by atoms with Gasteiger partial charge in [0.2, 0.25) is 0 Å². The number of thiocarbonyl (C=S) groups is 1. The number of ether oxygens (including phenoxy) is 2. The molecule has 6 heteroatoms. The van der Waals surface area contributed by atoms with E-state index in [-0.39, 0.29) is 0 Å². The van der Waals surface area contributed by atoms with Crippen LogP contribution in [0, 0.1) is 0 Å². The van der Waals surface area contributed by atoms with Crippen molar-refractivity contribution in [2.24, 2.45) is 5.10 Å². The van der Waals surface area contributed by atoms with Crippen molar-refractivity contribution in [1.29, 1.82) is 0 Å². The van der Waals surface area contributed by atoms with E-state index < -0.39 is 0 Å². The summed E-state index contributed by atoms with van der Waals surface area (Å²) in [6.45, 7) is 0. The van der Waals surface area contributed by atoms with Crippen molar-refractivity contribution in [1.82, 2.24) is 10.7 Å². The second-order valence-corrected chi connectivity index (χ2v) is 5.69. The van der Waals surface area contributed by atoms with Gasteiger partial charge >= 0.3 is 0 Å². The van der Waals surface area contributed by atoms with Gasteiger partial charge in [0.15, 0.2) is 5.11 Å². The van der Waals surface area contributed by atoms with Gasteiger partial charge in [-0.15, -0.1) is 0 Å². The molecule has 0 aliphatic heterocycles. The summed E-state index contributed by atoms with van der Waals surface area (Å²) < 4.78 is 10.5. The quantitative estimate of drug-likeness (QED) is 0.496. The van der Waals surface area contributed by atoms with Crippen LogP contribution in [0.5, 0.6) is 11.5 Å². The topological polar surface area (TPSA) is 54.9 Å². The van der Waals surface area contributed by atoms with Crippen LogP contribution in [0.2, 0.25) is 0 Å². The first-order chi connectivity index (χ1) is 10.7. The first-order valence-electron chi connectivity index (χ1n) is 7.54. The third-order valence-electron chi connectivity index (χ3n) is 3.75. The Morgan fingerprint density at radius 3 is 2.68 bits per heavy atom. The molecule has 1 fully saturated rings. The van der Waals surface area contributed by atoms with Crippen molar-refractivity contribution in [2.45, 2.75) is 38.1 Å². The van der Waals surface area contributed by atoms with Gasteiger partial charge in [0.05, 0.1) is 20.4 Å². The average molecular weight is 321 g/mol. The van der Waals surface area contributed by atoms with Crippen LogP contribution in [0.15, 0.2) is 23.3 Å². The van der Waals surface area contributed by atoms with Crippen LogP contribution in [0.4, 0.5) is 0 Å². The molecule has 1 saturated carbocycles. The van der Waals surface area contributed by atoms with Crippen molar-refractivity contribution in [3.63, 3.8) is 0 Å². The largest absolute Gasteiger partial charge is 0.497 e. The van der Waals surface area contributed by atoms with Crippen LogP contribution in [-0.4, -0.2) is 31.6 Å². The van der Waals surface area contributed by atoms with E-state index in [1.54, 1.807) is 20.4 Å². The summed E-state index contributed by atoms with van der Waals surface area (Å²) >= 11 is 5.27. The van der Waals surface area contributed by atoms with Gasteiger partial charge in [-0.3, -0.25) is 5.43 Å². The fraction of sp³-hybridized carbons (Fsp3) is 0.500. The summed E-state index contributed by atoms with van der Waals surface area (Å²) in [6.07, 6.45) is 7.89. The predicted octanol–water partition coefficient (Wildman–Crippen LogP) is 2.83. The average Bonchev–Trinajstić information content (AvgIpc) is 2.55. The molecular weight excluding hydrogens is 298 g/mol. The molecule has 0 saturated heterocycles. The van der Waals surface area contributed by atoms with Crippen molar-refractivity contribution in [3.8, 4) is 11.5 Å². The van der Waals surface area contributed by atoms with Crippen molar-refractivity contribution < 1.29 is 9.47 Å². The molecule has 0 atom stereocenters. The summed E-state index contributed by atoms with van der Waals surface area (Å²) in [5.41, 5.74) is 3.69. The lowest BCUT2D eigenvalue weighted by molar-refractivity contribution is 0.402. The number of nitrogens with zero attached hydrogens (tertiary/aromatic N) is 1. The van der Waals surface area contributed by atoms with Gasteiger partial charge in [0.25, 0.3) is 0 Å². The van der Waals surface area contributed by atoms with E-state index in [1.165, 1.54) is 32.1 Å². The van der Waals surface area contributed by atoms with Gasteiger partial charge in [-0.25, -0.2) is 0 Å². The first kappa shape index (κ1) is 16.5. The first-order valence-corrected chi connectivity index (χ1v) is 7.95. The molecule has 2 N–H and O–H groups in total. The number of methoxy groups -OCH3 is 2. The molecule has 0 bridgehead atoms. The SMILES string of the molecule is COc1ccc(OC)c(/C=N/NC(=S)NC2CCCCC2)c1. The molecule has 0 amide bonds. The van der Waals surface area contributed by atoms with E-state index >= 15 is 0 Å². The Morgan fingerprint density at radius 1 is 1.23 bits per heavy atom. The Morgan fingerprint density at radius 2 is 2.00 bits per heavy atom. The van der Waals surface area contributed by atoms with E-state index in [9.17, 15) is 0 Å². The molecule has 22 heavy (non-hydrogen) atoms. The molecule has 0 aromatic heterocycles. The Balaban J connectivity index is 1.89. The van der Waals surface area contributed by atoms with Crippen molar-refractivity contribution >= 4 is 23.5 Å². The van der Waals surface area contributed by atoms with E-state index in [2.05, 4.69) is 15.8 Å². The molecule has 1 aromatic rings. The Hall–Kier alpha value is -1.82. The number of hydrogen-bond donors (Lipinski definition) is 2. The highest BCUT2D eigenvalue weighted by atomic mass is 32.1. The summed E-state index contributed by atoms with van der Waals surface area (Å²) in [7, 11) is 3.26. The maximum atomic E-state index is 5.30. The maximum absolute atomic E-state index is 5.30. The lowest BCUT2D eigenvalue weighted by Crippen LogP contribution is -2.40. The van der Waals surface area contributed by atoms with Crippen LogP contribution >= 0.6 is 12.2 Å². The van der Waals surface area contributed by atoms with Crippen molar-refractivity contribution in [3.05, 3.63) is 23.8 Å². The highest BCUT2D eigenvalue weighted by Crippen LogP contribution is 2.22. The van der Waals surface area contributed by atoms with Crippen LogP contribution in [0.3, 0.4) is 0 Å². The molecular formula is C16H23N3O2S. The molecule has 0 spiro atoms. The molecule has 1 aromatic carbocycles. The van der Waals surface area contributed by atoms with Gasteiger partial charge in [-0.1, -0.05) is 19.3 Å². The standard InChI is InChI=1S/C16H23N3O2S/c1-20-14-8-9-15(21-2)12(10-14)11-17-19-16(22)18-13-6-4-3-5-7-13/h8-11,13H,3-7H2,1-2H3,(H2,18,19,22)/b17-11+. The minimum absolute atomic E-state index is 0.468. The van der Waals surface area contributed by atoms with Gasteiger partial charge in [0.1, 0.15) is 11.5 Å².